The van der Waals surface area contributed by atoms with E-state index in [1.54, 1.807) is 0 Å². The number of benzene rings is 1. The van der Waals surface area contributed by atoms with Crippen LogP contribution in [0.15, 0.2) is 12.1 Å². The van der Waals surface area contributed by atoms with E-state index in [4.69, 9.17) is 15.2 Å². The fraction of sp³-hybridized carbons (Fsp3) is 0.273. The Morgan fingerprint density at radius 2 is 2.06 bits per heavy atom. The monoisotopic (exact) mass is 227 g/mol. The van der Waals surface area contributed by atoms with Crippen molar-refractivity contribution in [2.75, 3.05) is 19.8 Å². The summed E-state index contributed by atoms with van der Waals surface area (Å²) in [4.78, 5) is 0. The Kier molecular flexibility index (Phi) is 3.05. The average Bonchev–Trinajstić information content (AvgIpc) is 2.30. The van der Waals surface area contributed by atoms with Crippen molar-refractivity contribution in [1.82, 2.24) is 0 Å². The Morgan fingerprint density at radius 3 is 2.81 bits per heavy atom. The standard InChI is InChI=1S/C11H11F2NO2/c12-8-6-9-11(16-5-4-15-9)7(10(8)13)2-1-3-14/h1-2,6H,3-5,14H2/b2-1+. The molecular formula is C11H11F2NO2. The van der Waals surface area contributed by atoms with Crippen LogP contribution in [0.25, 0.3) is 6.08 Å². The van der Waals surface area contributed by atoms with Crippen LogP contribution in [-0.4, -0.2) is 19.8 Å². The molecule has 1 aromatic rings. The lowest BCUT2D eigenvalue weighted by molar-refractivity contribution is 0.169. The maximum Gasteiger partial charge on any atom is 0.171 e. The first-order valence-corrected chi connectivity index (χ1v) is 4.88. The van der Waals surface area contributed by atoms with Gasteiger partial charge in [-0.25, -0.2) is 8.78 Å². The lowest BCUT2D eigenvalue weighted by Gasteiger charge is -2.20. The average molecular weight is 227 g/mol. The van der Waals surface area contributed by atoms with E-state index in [1.807, 2.05) is 0 Å². The van der Waals surface area contributed by atoms with Crippen molar-refractivity contribution in [2.24, 2.45) is 5.73 Å². The zero-order valence-electron chi connectivity index (χ0n) is 8.50. The summed E-state index contributed by atoms with van der Waals surface area (Å²) in [5, 5.41) is 0. The molecule has 1 aliphatic rings. The van der Waals surface area contributed by atoms with Gasteiger partial charge in [-0.2, -0.15) is 0 Å². The third-order valence-electron chi connectivity index (χ3n) is 2.18. The van der Waals surface area contributed by atoms with E-state index in [1.165, 1.54) is 12.2 Å². The molecule has 0 saturated carbocycles. The van der Waals surface area contributed by atoms with Crippen LogP contribution >= 0.6 is 0 Å². The van der Waals surface area contributed by atoms with Gasteiger partial charge >= 0.3 is 0 Å². The number of halogens is 2. The number of hydrogen-bond donors (Lipinski definition) is 1. The van der Waals surface area contributed by atoms with Crippen molar-refractivity contribution in [3.05, 3.63) is 29.3 Å². The van der Waals surface area contributed by atoms with Crippen LogP contribution < -0.4 is 15.2 Å². The van der Waals surface area contributed by atoms with Crippen LogP contribution in [0.1, 0.15) is 5.56 Å². The largest absolute Gasteiger partial charge is 0.486 e. The van der Waals surface area contributed by atoms with Gasteiger partial charge in [0, 0.05) is 12.6 Å². The zero-order chi connectivity index (χ0) is 11.5. The third kappa shape index (κ3) is 1.86. The number of ether oxygens (including phenoxy) is 2. The van der Waals surface area contributed by atoms with Gasteiger partial charge in [-0.3, -0.25) is 0 Å². The second kappa shape index (κ2) is 4.49. The van der Waals surface area contributed by atoms with Gasteiger partial charge < -0.3 is 15.2 Å². The predicted octanol–water partition coefficient (Wildman–Crippen LogP) is 1.71. The summed E-state index contributed by atoms with van der Waals surface area (Å²) < 4.78 is 37.2. The van der Waals surface area contributed by atoms with Gasteiger partial charge in [-0.05, 0) is 0 Å². The van der Waals surface area contributed by atoms with E-state index in [-0.39, 0.29) is 23.6 Å². The maximum atomic E-state index is 13.5. The second-order valence-corrected chi connectivity index (χ2v) is 3.25. The molecule has 0 unspecified atom stereocenters. The van der Waals surface area contributed by atoms with Gasteiger partial charge in [0.25, 0.3) is 0 Å². The first-order chi connectivity index (χ1) is 7.74. The molecule has 0 bridgehead atoms. The van der Waals surface area contributed by atoms with Crippen LogP contribution in [0.2, 0.25) is 0 Å². The molecule has 0 saturated heterocycles. The topological polar surface area (TPSA) is 44.5 Å². The lowest BCUT2D eigenvalue weighted by Crippen LogP contribution is -2.17. The summed E-state index contributed by atoms with van der Waals surface area (Å²) in [6.07, 6.45) is 2.92. The Morgan fingerprint density at radius 1 is 1.31 bits per heavy atom. The minimum Gasteiger partial charge on any atom is -0.486 e. The molecule has 2 N–H and O–H groups in total. The van der Waals surface area contributed by atoms with Crippen molar-refractivity contribution < 1.29 is 18.3 Å². The molecule has 0 atom stereocenters. The Labute approximate surface area is 91.5 Å². The summed E-state index contributed by atoms with van der Waals surface area (Å²) in [6, 6.07) is 0.990. The van der Waals surface area contributed by atoms with Gasteiger partial charge in [-0.1, -0.05) is 12.2 Å². The highest BCUT2D eigenvalue weighted by atomic mass is 19.2. The van der Waals surface area contributed by atoms with Crippen molar-refractivity contribution in [3.8, 4) is 11.5 Å². The van der Waals surface area contributed by atoms with Gasteiger partial charge in [0.2, 0.25) is 0 Å². The molecule has 0 aromatic heterocycles. The first kappa shape index (κ1) is 10.9. The molecule has 0 fully saturated rings. The van der Waals surface area contributed by atoms with Crippen molar-refractivity contribution in [2.45, 2.75) is 0 Å². The molecule has 1 heterocycles. The fourth-order valence-electron chi connectivity index (χ4n) is 1.49. The zero-order valence-corrected chi connectivity index (χ0v) is 8.50. The highest BCUT2D eigenvalue weighted by Gasteiger charge is 2.21. The van der Waals surface area contributed by atoms with Gasteiger partial charge in [0.05, 0.1) is 5.56 Å². The summed E-state index contributed by atoms with van der Waals surface area (Å²) in [5.74, 6) is -1.45. The molecule has 5 heteroatoms. The molecule has 1 aromatic carbocycles. The molecule has 0 amide bonds. The maximum absolute atomic E-state index is 13.5. The number of rotatable bonds is 2. The molecule has 0 aliphatic carbocycles. The van der Waals surface area contributed by atoms with Gasteiger partial charge in [-0.15, -0.1) is 0 Å². The van der Waals surface area contributed by atoms with E-state index < -0.39 is 11.6 Å². The molecule has 0 radical (unpaired) electrons. The minimum absolute atomic E-state index is 0.0418. The van der Waals surface area contributed by atoms with E-state index >= 15 is 0 Å². The Bertz CT molecular complexity index is 432. The van der Waals surface area contributed by atoms with E-state index in [0.29, 0.717) is 13.2 Å². The molecule has 3 nitrogen and oxygen atoms in total. The minimum atomic E-state index is -0.957. The smallest absolute Gasteiger partial charge is 0.171 e. The fourth-order valence-corrected chi connectivity index (χ4v) is 1.49. The van der Waals surface area contributed by atoms with Crippen LogP contribution in [0.4, 0.5) is 8.78 Å². The lowest BCUT2D eigenvalue weighted by atomic mass is 10.1. The van der Waals surface area contributed by atoms with Crippen LogP contribution in [0.3, 0.4) is 0 Å². The van der Waals surface area contributed by atoms with E-state index in [9.17, 15) is 8.78 Å². The quantitative estimate of drug-likeness (QED) is 0.836. The van der Waals surface area contributed by atoms with Crippen LogP contribution in [0, 0.1) is 11.6 Å². The molecule has 0 spiro atoms. The molecular weight excluding hydrogens is 216 g/mol. The Hall–Kier alpha value is -1.62. The van der Waals surface area contributed by atoms with Gasteiger partial charge in [0.1, 0.15) is 13.2 Å². The highest BCUT2D eigenvalue weighted by Crippen LogP contribution is 2.37. The molecule has 2 rings (SSSR count). The van der Waals surface area contributed by atoms with Crippen LogP contribution in [0.5, 0.6) is 11.5 Å². The Balaban J connectivity index is 2.54. The van der Waals surface area contributed by atoms with E-state index in [0.717, 1.165) is 6.07 Å². The van der Waals surface area contributed by atoms with E-state index in [2.05, 4.69) is 0 Å². The molecule has 16 heavy (non-hydrogen) atoms. The summed E-state index contributed by atoms with van der Waals surface area (Å²) >= 11 is 0. The van der Waals surface area contributed by atoms with Crippen molar-refractivity contribution in [1.29, 1.82) is 0 Å². The number of nitrogens with two attached hydrogens (primary N) is 1. The first-order valence-electron chi connectivity index (χ1n) is 4.88. The SMILES string of the molecule is NC/C=C/c1c(F)c(F)cc2c1OCCO2. The van der Waals surface area contributed by atoms with Crippen molar-refractivity contribution in [3.63, 3.8) is 0 Å². The number of hydrogen-bond acceptors (Lipinski definition) is 3. The normalized spacial score (nSPS) is 14.4. The molecule has 86 valence electrons. The summed E-state index contributed by atoms with van der Waals surface area (Å²) in [5.41, 5.74) is 5.31. The predicted molar refractivity (Wildman–Crippen MR) is 55.4 cm³/mol. The summed E-state index contributed by atoms with van der Waals surface area (Å²) in [7, 11) is 0. The summed E-state index contributed by atoms with van der Waals surface area (Å²) in [6.45, 7) is 0.894. The van der Waals surface area contributed by atoms with Crippen LogP contribution in [-0.2, 0) is 0 Å². The third-order valence-corrected chi connectivity index (χ3v) is 2.18. The molecule has 1 aliphatic heterocycles. The van der Waals surface area contributed by atoms with Crippen molar-refractivity contribution >= 4 is 6.08 Å². The second-order valence-electron chi connectivity index (χ2n) is 3.25. The highest BCUT2D eigenvalue weighted by molar-refractivity contribution is 5.63. The van der Waals surface area contributed by atoms with Gasteiger partial charge in [0.15, 0.2) is 23.1 Å². The number of fused-ring (bicyclic) bond motifs is 1.